The van der Waals surface area contributed by atoms with Crippen molar-refractivity contribution in [1.82, 2.24) is 0 Å². The summed E-state index contributed by atoms with van der Waals surface area (Å²) >= 11 is 0. The average molecular weight is 286 g/mol. The van der Waals surface area contributed by atoms with Crippen LogP contribution in [0, 0.1) is 17.3 Å². The van der Waals surface area contributed by atoms with Crippen molar-refractivity contribution in [2.75, 3.05) is 14.2 Å². The fraction of sp³-hybridized carbons (Fsp3) is 0.867. The predicted octanol–water partition coefficient (Wildman–Crippen LogP) is 4.02. The molecule has 0 radical (unpaired) electrons. The van der Waals surface area contributed by atoms with Gasteiger partial charge < -0.3 is 13.9 Å². The summed E-state index contributed by atoms with van der Waals surface area (Å²) < 4.78 is 16.6. The first kappa shape index (κ1) is 16.7. The van der Waals surface area contributed by atoms with Crippen LogP contribution in [0.25, 0.3) is 0 Å². The van der Waals surface area contributed by atoms with Gasteiger partial charge in [0.1, 0.15) is 0 Å². The molecule has 112 valence electrons. The van der Waals surface area contributed by atoms with Gasteiger partial charge in [-0.1, -0.05) is 20.4 Å². The molecule has 0 N–H and O–H groups in total. The fourth-order valence-electron chi connectivity index (χ4n) is 2.95. The molecule has 0 saturated heterocycles. The van der Waals surface area contributed by atoms with Gasteiger partial charge in [-0.2, -0.15) is 0 Å². The summed E-state index contributed by atoms with van der Waals surface area (Å²) in [5.74, 6) is 2.20. The van der Waals surface area contributed by atoms with E-state index in [2.05, 4.69) is 40.1 Å². The van der Waals surface area contributed by atoms with E-state index in [-0.39, 0.29) is 6.29 Å². The lowest BCUT2D eigenvalue weighted by Gasteiger charge is -2.21. The normalized spacial score (nSPS) is 25.5. The topological polar surface area (TPSA) is 27.7 Å². The van der Waals surface area contributed by atoms with Gasteiger partial charge in [-0.05, 0) is 36.9 Å². The fourth-order valence-corrected chi connectivity index (χ4v) is 3.90. The molecule has 2 atom stereocenters. The third-order valence-corrected chi connectivity index (χ3v) is 5.06. The molecule has 0 aromatic carbocycles. The minimum Gasteiger partial charge on any atom is -0.548 e. The molecule has 1 aliphatic rings. The molecular weight excluding hydrogens is 256 g/mol. The first-order valence-corrected chi connectivity index (χ1v) is 10.4. The lowest BCUT2D eigenvalue weighted by atomic mass is 10.1. The van der Waals surface area contributed by atoms with Crippen molar-refractivity contribution in [2.24, 2.45) is 17.3 Å². The third-order valence-electron chi connectivity index (χ3n) is 4.16. The lowest BCUT2D eigenvalue weighted by Crippen LogP contribution is -2.24. The summed E-state index contributed by atoms with van der Waals surface area (Å²) in [6, 6.07) is 0. The monoisotopic (exact) mass is 286 g/mol. The Morgan fingerprint density at radius 1 is 1.16 bits per heavy atom. The number of ether oxygens (including phenoxy) is 2. The smallest absolute Gasteiger partial charge is 0.241 e. The van der Waals surface area contributed by atoms with Crippen LogP contribution >= 0.6 is 0 Å². The number of hydrogen-bond donors (Lipinski definition) is 0. The maximum atomic E-state index is 5.97. The van der Waals surface area contributed by atoms with Gasteiger partial charge in [0.25, 0.3) is 0 Å². The summed E-state index contributed by atoms with van der Waals surface area (Å²) in [7, 11) is 1.88. The van der Waals surface area contributed by atoms with Crippen molar-refractivity contribution in [3.63, 3.8) is 0 Å². The van der Waals surface area contributed by atoms with Crippen LogP contribution in [0.3, 0.4) is 0 Å². The Balaban J connectivity index is 2.49. The van der Waals surface area contributed by atoms with Crippen molar-refractivity contribution < 1.29 is 13.9 Å². The van der Waals surface area contributed by atoms with Gasteiger partial charge in [-0.25, -0.2) is 0 Å². The molecule has 1 saturated carbocycles. The summed E-state index contributed by atoms with van der Waals surface area (Å²) in [6.07, 6.45) is 1.81. The van der Waals surface area contributed by atoms with E-state index in [0.717, 1.165) is 18.6 Å². The van der Waals surface area contributed by atoms with Gasteiger partial charge in [-0.15, -0.1) is 0 Å². The molecule has 3 nitrogen and oxygen atoms in total. The molecule has 0 unspecified atom stereocenters. The van der Waals surface area contributed by atoms with Gasteiger partial charge in [-0.3, -0.25) is 0 Å². The predicted molar refractivity (Wildman–Crippen MR) is 81.4 cm³/mol. The molecule has 0 aromatic rings. The average Bonchev–Trinajstić information content (AvgIpc) is 2.73. The lowest BCUT2D eigenvalue weighted by molar-refractivity contribution is -0.110. The van der Waals surface area contributed by atoms with Crippen LogP contribution in [0.5, 0.6) is 0 Å². The van der Waals surface area contributed by atoms with Crippen LogP contribution in [0.1, 0.15) is 26.7 Å². The second-order valence-electron chi connectivity index (χ2n) is 7.13. The highest BCUT2D eigenvalue weighted by Gasteiger charge is 2.57. The molecule has 0 heterocycles. The van der Waals surface area contributed by atoms with E-state index in [1.54, 1.807) is 14.2 Å². The van der Waals surface area contributed by atoms with E-state index >= 15 is 0 Å². The first-order chi connectivity index (χ1) is 8.61. The number of rotatable bonds is 8. The minimum absolute atomic E-state index is 0.0968. The van der Waals surface area contributed by atoms with Crippen LogP contribution < -0.4 is 0 Å². The van der Waals surface area contributed by atoms with Crippen molar-refractivity contribution >= 4 is 8.32 Å². The van der Waals surface area contributed by atoms with Crippen molar-refractivity contribution in [3.05, 3.63) is 12.3 Å². The van der Waals surface area contributed by atoms with E-state index in [4.69, 9.17) is 13.9 Å². The Labute approximate surface area is 119 Å². The molecule has 0 aliphatic heterocycles. The SMILES string of the molecule is C=C(C[C@H]1[C@@H](CC(OC)OC)C1(C)C)O[Si](C)(C)C. The molecule has 0 amide bonds. The summed E-state index contributed by atoms with van der Waals surface area (Å²) in [5.41, 5.74) is 0.334. The number of allylic oxidation sites excluding steroid dienone is 1. The van der Waals surface area contributed by atoms with E-state index in [1.165, 1.54) is 0 Å². The highest BCUT2D eigenvalue weighted by atomic mass is 28.4. The maximum Gasteiger partial charge on any atom is 0.241 e. The molecular formula is C15H30O3Si. The van der Waals surface area contributed by atoms with E-state index in [1.807, 2.05) is 0 Å². The molecule has 19 heavy (non-hydrogen) atoms. The zero-order chi connectivity index (χ0) is 14.8. The summed E-state index contributed by atoms with van der Waals surface area (Å²) in [5, 5.41) is 0. The molecule has 4 heteroatoms. The number of hydrogen-bond acceptors (Lipinski definition) is 3. The van der Waals surface area contributed by atoms with Gasteiger partial charge in [0.15, 0.2) is 6.29 Å². The van der Waals surface area contributed by atoms with E-state index < -0.39 is 8.32 Å². The first-order valence-electron chi connectivity index (χ1n) is 7.04. The maximum absolute atomic E-state index is 5.97. The van der Waals surface area contributed by atoms with Crippen molar-refractivity contribution in [3.8, 4) is 0 Å². The molecule has 0 bridgehead atoms. The van der Waals surface area contributed by atoms with Crippen LogP contribution in [0.15, 0.2) is 12.3 Å². The quantitative estimate of drug-likeness (QED) is 0.383. The molecule has 1 fully saturated rings. The summed E-state index contributed by atoms with van der Waals surface area (Å²) in [6.45, 7) is 15.3. The Hall–Kier alpha value is -0.323. The molecule has 1 rings (SSSR count). The summed E-state index contributed by atoms with van der Waals surface area (Å²) in [4.78, 5) is 0. The molecule has 0 aromatic heterocycles. The zero-order valence-corrected chi connectivity index (χ0v) is 14.6. The Morgan fingerprint density at radius 3 is 2.11 bits per heavy atom. The van der Waals surface area contributed by atoms with Crippen LogP contribution in [-0.4, -0.2) is 28.8 Å². The zero-order valence-electron chi connectivity index (χ0n) is 13.6. The van der Waals surface area contributed by atoms with Crippen LogP contribution in [0.2, 0.25) is 19.6 Å². The highest BCUT2D eigenvalue weighted by molar-refractivity contribution is 6.70. The minimum atomic E-state index is -1.52. The van der Waals surface area contributed by atoms with Crippen molar-refractivity contribution in [1.29, 1.82) is 0 Å². The highest BCUT2D eigenvalue weighted by Crippen LogP contribution is 2.62. The molecule has 1 aliphatic carbocycles. The Kier molecular flexibility index (Phi) is 5.26. The van der Waals surface area contributed by atoms with Gasteiger partial charge >= 0.3 is 0 Å². The van der Waals surface area contributed by atoms with Gasteiger partial charge in [0.05, 0.1) is 5.76 Å². The number of methoxy groups -OCH3 is 2. The van der Waals surface area contributed by atoms with Crippen molar-refractivity contribution in [2.45, 2.75) is 52.6 Å². The third kappa shape index (κ3) is 4.62. The largest absolute Gasteiger partial charge is 0.548 e. The standard InChI is InChI=1S/C15H30O3Si/c1-11(18-19(6,7)8)9-12-13(15(12,2)3)10-14(16-4)17-5/h12-14H,1,9-10H2,2-8H3/t12-,13+/m0/s1. The van der Waals surface area contributed by atoms with Gasteiger partial charge in [0, 0.05) is 27.1 Å². The van der Waals surface area contributed by atoms with Crippen LogP contribution in [0.4, 0.5) is 0 Å². The van der Waals surface area contributed by atoms with Crippen LogP contribution in [-0.2, 0) is 13.9 Å². The molecule has 0 spiro atoms. The Bertz CT molecular complexity index is 316. The van der Waals surface area contributed by atoms with Gasteiger partial charge in [0.2, 0.25) is 8.32 Å². The second-order valence-corrected chi connectivity index (χ2v) is 11.6. The van der Waals surface area contributed by atoms with E-state index in [9.17, 15) is 0 Å². The Morgan fingerprint density at radius 2 is 1.68 bits per heavy atom. The second kappa shape index (κ2) is 5.98. The van der Waals surface area contributed by atoms with E-state index in [0.29, 0.717) is 17.3 Å².